The van der Waals surface area contributed by atoms with Crippen molar-refractivity contribution < 1.29 is 19.1 Å². The molecule has 0 saturated carbocycles. The monoisotopic (exact) mass is 546 g/mol. The van der Waals surface area contributed by atoms with E-state index in [-0.39, 0.29) is 41.6 Å². The lowest BCUT2D eigenvalue weighted by molar-refractivity contribution is -0.130. The number of aryl methyl sites for hydroxylation is 1. The summed E-state index contributed by atoms with van der Waals surface area (Å²) in [5.74, 6) is 2.24. The highest BCUT2D eigenvalue weighted by Crippen LogP contribution is 2.50. The Morgan fingerprint density at radius 3 is 2.56 bits per heavy atom. The van der Waals surface area contributed by atoms with Crippen LogP contribution < -0.4 is 14.4 Å². The lowest BCUT2D eigenvalue weighted by Gasteiger charge is -2.26. The molecule has 2 aromatic carbocycles. The molecule has 2 amide bonds. The Morgan fingerprint density at radius 1 is 1.08 bits per heavy atom. The van der Waals surface area contributed by atoms with E-state index in [1.807, 2.05) is 59.0 Å². The van der Waals surface area contributed by atoms with Gasteiger partial charge in [-0.05, 0) is 49.1 Å². The van der Waals surface area contributed by atoms with E-state index in [2.05, 4.69) is 20.8 Å². The van der Waals surface area contributed by atoms with Gasteiger partial charge in [0.05, 0.1) is 22.4 Å². The summed E-state index contributed by atoms with van der Waals surface area (Å²) in [5.41, 5.74) is 4.51. The molecular formula is C30H34N4O4S. The highest BCUT2D eigenvalue weighted by molar-refractivity contribution is 8.00. The van der Waals surface area contributed by atoms with E-state index >= 15 is 0 Å². The van der Waals surface area contributed by atoms with Crippen molar-refractivity contribution in [2.24, 2.45) is 0 Å². The predicted molar refractivity (Wildman–Crippen MR) is 152 cm³/mol. The van der Waals surface area contributed by atoms with Crippen molar-refractivity contribution in [2.45, 2.75) is 51.2 Å². The number of ether oxygens (including phenoxy) is 2. The third kappa shape index (κ3) is 4.67. The van der Waals surface area contributed by atoms with Crippen molar-refractivity contribution in [1.82, 2.24) is 14.7 Å². The Balaban J connectivity index is 1.58. The van der Waals surface area contributed by atoms with Crippen LogP contribution in [0.2, 0.25) is 0 Å². The summed E-state index contributed by atoms with van der Waals surface area (Å²) in [6, 6.07) is 14.0. The number of carbonyl (C=O) groups excluding carboxylic acids is 2. The third-order valence-electron chi connectivity index (χ3n) is 7.59. The SMILES string of the molecule is Cc1ccccc1-n1nc(C(C)(C)C)c2c1N(CC(=O)N1CCCC1)C(=O)CS[C@H]2c1ccc2c(c1)OCO2. The van der Waals surface area contributed by atoms with Crippen LogP contribution in [0.25, 0.3) is 5.69 Å². The molecule has 0 radical (unpaired) electrons. The number of likely N-dealkylation sites (tertiary alicyclic amines) is 1. The number of rotatable bonds is 4. The minimum Gasteiger partial charge on any atom is -0.454 e. The molecule has 1 saturated heterocycles. The Bertz CT molecular complexity index is 1440. The van der Waals surface area contributed by atoms with Gasteiger partial charge < -0.3 is 14.4 Å². The number of nitrogens with zero attached hydrogens (tertiary/aromatic N) is 4. The molecule has 3 aliphatic heterocycles. The normalized spacial score (nSPS) is 18.9. The van der Waals surface area contributed by atoms with Crippen LogP contribution in [0.15, 0.2) is 42.5 Å². The molecule has 0 aliphatic carbocycles. The van der Waals surface area contributed by atoms with Crippen molar-refractivity contribution >= 4 is 29.4 Å². The van der Waals surface area contributed by atoms with Crippen molar-refractivity contribution in [2.75, 3.05) is 37.1 Å². The lowest BCUT2D eigenvalue weighted by atomic mass is 9.87. The largest absolute Gasteiger partial charge is 0.454 e. The van der Waals surface area contributed by atoms with Gasteiger partial charge in [0.15, 0.2) is 11.5 Å². The molecule has 0 N–H and O–H groups in total. The van der Waals surface area contributed by atoms with Gasteiger partial charge in [0.2, 0.25) is 18.6 Å². The molecule has 3 aromatic rings. The van der Waals surface area contributed by atoms with Gasteiger partial charge in [-0.15, -0.1) is 11.8 Å². The molecule has 204 valence electrons. The Kier molecular flexibility index (Phi) is 6.57. The molecule has 0 bridgehead atoms. The maximum Gasteiger partial charge on any atom is 0.242 e. The average Bonchev–Trinajstić information content (AvgIpc) is 3.66. The van der Waals surface area contributed by atoms with Crippen LogP contribution >= 0.6 is 11.8 Å². The zero-order valence-corrected chi connectivity index (χ0v) is 23.7. The molecule has 0 unspecified atom stereocenters. The number of para-hydroxylation sites is 1. The first-order valence-corrected chi connectivity index (χ1v) is 14.6. The van der Waals surface area contributed by atoms with Crippen molar-refractivity contribution in [3.63, 3.8) is 0 Å². The fraction of sp³-hybridized carbons (Fsp3) is 0.433. The highest BCUT2D eigenvalue weighted by Gasteiger charge is 2.41. The molecule has 9 heteroatoms. The highest BCUT2D eigenvalue weighted by atomic mass is 32.2. The number of amides is 2. The molecule has 39 heavy (non-hydrogen) atoms. The second-order valence-corrected chi connectivity index (χ2v) is 12.5. The van der Waals surface area contributed by atoms with Gasteiger partial charge in [0, 0.05) is 24.1 Å². The van der Waals surface area contributed by atoms with E-state index in [1.165, 1.54) is 0 Å². The van der Waals surface area contributed by atoms with Gasteiger partial charge in [-0.3, -0.25) is 14.5 Å². The zero-order chi connectivity index (χ0) is 27.3. The Morgan fingerprint density at radius 2 is 1.82 bits per heavy atom. The van der Waals surface area contributed by atoms with Crippen LogP contribution in [0.4, 0.5) is 5.82 Å². The molecule has 1 aromatic heterocycles. The van der Waals surface area contributed by atoms with E-state index in [1.54, 1.807) is 16.7 Å². The van der Waals surface area contributed by atoms with Crippen molar-refractivity contribution in [3.05, 3.63) is 64.8 Å². The summed E-state index contributed by atoms with van der Waals surface area (Å²) in [4.78, 5) is 30.9. The summed E-state index contributed by atoms with van der Waals surface area (Å²) < 4.78 is 13.2. The van der Waals surface area contributed by atoms with Gasteiger partial charge in [0.25, 0.3) is 0 Å². The Hall–Kier alpha value is -3.46. The molecule has 0 spiro atoms. The van der Waals surface area contributed by atoms with E-state index in [9.17, 15) is 9.59 Å². The Labute approximate surface area is 233 Å². The van der Waals surface area contributed by atoms with Crippen LogP contribution in [0.5, 0.6) is 11.5 Å². The summed E-state index contributed by atoms with van der Waals surface area (Å²) in [7, 11) is 0. The number of anilines is 1. The lowest BCUT2D eigenvalue weighted by Crippen LogP contribution is -2.43. The van der Waals surface area contributed by atoms with E-state index in [0.717, 1.165) is 59.8 Å². The number of hydrogen-bond donors (Lipinski definition) is 0. The fourth-order valence-electron chi connectivity index (χ4n) is 5.58. The van der Waals surface area contributed by atoms with Crippen LogP contribution in [0, 0.1) is 6.92 Å². The molecule has 3 aliphatic rings. The van der Waals surface area contributed by atoms with Gasteiger partial charge in [-0.2, -0.15) is 5.10 Å². The fourth-order valence-corrected chi connectivity index (χ4v) is 6.77. The van der Waals surface area contributed by atoms with Crippen LogP contribution in [-0.4, -0.2) is 58.7 Å². The molecule has 6 rings (SSSR count). The van der Waals surface area contributed by atoms with Crippen LogP contribution in [0.1, 0.15) is 61.2 Å². The summed E-state index contributed by atoms with van der Waals surface area (Å²) in [5, 5.41) is 5.02. The second-order valence-electron chi connectivity index (χ2n) is 11.4. The minimum absolute atomic E-state index is 0.00140. The first-order valence-electron chi connectivity index (χ1n) is 13.5. The summed E-state index contributed by atoms with van der Waals surface area (Å²) in [6.45, 7) is 10.2. The van der Waals surface area contributed by atoms with E-state index < -0.39 is 0 Å². The van der Waals surface area contributed by atoms with Crippen LogP contribution in [-0.2, 0) is 15.0 Å². The predicted octanol–water partition coefficient (Wildman–Crippen LogP) is 5.00. The number of carbonyl (C=O) groups is 2. The topological polar surface area (TPSA) is 76.9 Å². The first kappa shape index (κ1) is 25.8. The van der Waals surface area contributed by atoms with Crippen molar-refractivity contribution in [1.29, 1.82) is 0 Å². The quantitative estimate of drug-likeness (QED) is 0.459. The third-order valence-corrected chi connectivity index (χ3v) is 8.85. The summed E-state index contributed by atoms with van der Waals surface area (Å²) >= 11 is 1.57. The molecular weight excluding hydrogens is 512 g/mol. The minimum atomic E-state index is -0.314. The van der Waals surface area contributed by atoms with Crippen LogP contribution in [0.3, 0.4) is 0 Å². The average molecular weight is 547 g/mol. The maximum atomic E-state index is 13.9. The first-order chi connectivity index (χ1) is 18.7. The molecule has 8 nitrogen and oxygen atoms in total. The van der Waals surface area contributed by atoms with Gasteiger partial charge in [0.1, 0.15) is 12.4 Å². The molecule has 4 heterocycles. The number of aromatic nitrogens is 2. The number of benzene rings is 2. The summed E-state index contributed by atoms with van der Waals surface area (Å²) in [6.07, 6.45) is 2.00. The number of thioether (sulfide) groups is 1. The zero-order valence-electron chi connectivity index (χ0n) is 22.9. The van der Waals surface area contributed by atoms with E-state index in [0.29, 0.717) is 11.6 Å². The number of hydrogen-bond acceptors (Lipinski definition) is 6. The van der Waals surface area contributed by atoms with Gasteiger partial charge in [-0.25, -0.2) is 4.68 Å². The van der Waals surface area contributed by atoms with Gasteiger partial charge >= 0.3 is 0 Å². The van der Waals surface area contributed by atoms with Gasteiger partial charge in [-0.1, -0.05) is 45.0 Å². The molecule has 1 fully saturated rings. The number of fused-ring (bicyclic) bond motifs is 2. The standard InChI is InChI=1S/C30H34N4O4S/c1-19-9-5-6-10-21(19)34-29-26(28(31-34)30(2,3)4)27(20-11-12-22-23(15-20)38-18-37-22)39-17-25(36)33(29)16-24(35)32-13-7-8-14-32/h5-6,9-12,15,27H,7-8,13-14,16-18H2,1-4H3/t27-/m0/s1. The second kappa shape index (κ2) is 9.93. The maximum absolute atomic E-state index is 13.9. The smallest absolute Gasteiger partial charge is 0.242 e. The van der Waals surface area contributed by atoms with Crippen molar-refractivity contribution in [3.8, 4) is 17.2 Å². The van der Waals surface area contributed by atoms with E-state index in [4.69, 9.17) is 14.6 Å². The molecule has 1 atom stereocenters.